The maximum Gasteiger partial charge on any atom is 0.267 e. The van der Waals surface area contributed by atoms with E-state index in [4.69, 9.17) is 5.21 Å². The second-order valence-electron chi connectivity index (χ2n) is 6.28. The smallest absolute Gasteiger partial charge is 0.267 e. The third-order valence-corrected chi connectivity index (χ3v) is 4.35. The SMILES string of the molecule is Cl.Cl.O=C(/C=C/c1ccc(N[C@]2(Cc3ccccc3)CCNC2)nc1)NO. The van der Waals surface area contributed by atoms with E-state index >= 15 is 0 Å². The van der Waals surface area contributed by atoms with Gasteiger partial charge in [0.05, 0.1) is 5.54 Å². The minimum atomic E-state index is -0.568. The van der Waals surface area contributed by atoms with Gasteiger partial charge in [-0.1, -0.05) is 30.3 Å². The summed E-state index contributed by atoms with van der Waals surface area (Å²) in [6.07, 6.45) is 6.51. The lowest BCUT2D eigenvalue weighted by atomic mass is 9.90. The van der Waals surface area contributed by atoms with Crippen molar-refractivity contribution in [2.45, 2.75) is 18.4 Å². The topological polar surface area (TPSA) is 86.3 Å². The molecule has 1 aromatic carbocycles. The number of benzene rings is 1. The van der Waals surface area contributed by atoms with Gasteiger partial charge in [-0.3, -0.25) is 10.0 Å². The number of carbonyl (C=O) groups excluding carboxylic acids is 1. The highest BCUT2D eigenvalue weighted by molar-refractivity contribution is 5.90. The summed E-state index contributed by atoms with van der Waals surface area (Å²) in [5, 5.41) is 15.5. The highest BCUT2D eigenvalue weighted by Crippen LogP contribution is 2.25. The van der Waals surface area contributed by atoms with Crippen molar-refractivity contribution in [2.24, 2.45) is 0 Å². The van der Waals surface area contributed by atoms with Gasteiger partial charge in [-0.05, 0) is 48.7 Å². The fraction of sp³-hybridized carbons (Fsp3) is 0.263. The van der Waals surface area contributed by atoms with Gasteiger partial charge in [0.25, 0.3) is 5.91 Å². The predicted octanol–water partition coefficient (Wildman–Crippen LogP) is 2.83. The minimum Gasteiger partial charge on any atom is -0.363 e. The van der Waals surface area contributed by atoms with Crippen LogP contribution in [0.4, 0.5) is 5.82 Å². The van der Waals surface area contributed by atoms with Gasteiger partial charge in [0, 0.05) is 18.8 Å². The van der Waals surface area contributed by atoms with E-state index in [-0.39, 0.29) is 30.4 Å². The summed E-state index contributed by atoms with van der Waals surface area (Å²) in [5.41, 5.74) is 3.59. The number of hydrogen-bond acceptors (Lipinski definition) is 5. The Morgan fingerprint density at radius 1 is 1.22 bits per heavy atom. The van der Waals surface area contributed by atoms with Crippen molar-refractivity contribution in [3.8, 4) is 0 Å². The highest BCUT2D eigenvalue weighted by atomic mass is 35.5. The molecule has 1 aromatic heterocycles. The van der Waals surface area contributed by atoms with Crippen LogP contribution in [-0.2, 0) is 11.2 Å². The van der Waals surface area contributed by atoms with Crippen molar-refractivity contribution < 1.29 is 10.0 Å². The number of nitrogens with one attached hydrogen (secondary N) is 3. The van der Waals surface area contributed by atoms with Crippen LogP contribution >= 0.6 is 24.8 Å². The number of carbonyl (C=O) groups is 1. The number of halogens is 2. The third kappa shape index (κ3) is 6.52. The second-order valence-corrected chi connectivity index (χ2v) is 6.28. The Kier molecular flexibility index (Phi) is 9.25. The number of amides is 1. The van der Waals surface area contributed by atoms with E-state index in [1.165, 1.54) is 11.6 Å². The van der Waals surface area contributed by atoms with Gasteiger partial charge in [0.1, 0.15) is 5.82 Å². The van der Waals surface area contributed by atoms with Gasteiger partial charge in [0.15, 0.2) is 0 Å². The first-order valence-electron chi connectivity index (χ1n) is 8.30. The molecule has 27 heavy (non-hydrogen) atoms. The summed E-state index contributed by atoms with van der Waals surface area (Å²) in [4.78, 5) is 15.5. The number of pyridine rings is 1. The molecule has 4 N–H and O–H groups in total. The van der Waals surface area contributed by atoms with Crippen LogP contribution in [0.1, 0.15) is 17.5 Å². The van der Waals surface area contributed by atoms with E-state index in [0.717, 1.165) is 37.3 Å². The maximum absolute atomic E-state index is 11.0. The summed E-state index contributed by atoms with van der Waals surface area (Å²) in [7, 11) is 0. The monoisotopic (exact) mass is 410 g/mol. The second kappa shape index (κ2) is 10.9. The van der Waals surface area contributed by atoms with Crippen molar-refractivity contribution in [1.82, 2.24) is 15.8 Å². The van der Waals surface area contributed by atoms with Gasteiger partial charge in [-0.2, -0.15) is 0 Å². The quantitative estimate of drug-likeness (QED) is 0.334. The molecule has 0 unspecified atom stereocenters. The number of hydroxylamine groups is 1. The average molecular weight is 411 g/mol. The van der Waals surface area contributed by atoms with Crippen LogP contribution in [0.2, 0.25) is 0 Å². The standard InChI is InChI=1S/C19H22N4O2.2ClH/c24-18(23-25)9-7-16-6-8-17(21-13-16)22-19(10-11-20-14-19)12-15-4-2-1-3-5-15;;/h1-9,13,20,25H,10-12,14H2,(H,21,22)(H,23,24);2*1H/b9-7+;;/t19-;;/m0../s1. The molecule has 0 aliphatic carbocycles. The largest absolute Gasteiger partial charge is 0.363 e. The van der Waals surface area contributed by atoms with Gasteiger partial charge in [-0.25, -0.2) is 10.5 Å². The molecule has 1 aliphatic rings. The Bertz CT molecular complexity index is 733. The van der Waals surface area contributed by atoms with E-state index in [9.17, 15) is 4.79 Å². The fourth-order valence-corrected chi connectivity index (χ4v) is 3.09. The van der Waals surface area contributed by atoms with Crippen LogP contribution in [0, 0.1) is 0 Å². The van der Waals surface area contributed by atoms with E-state index in [1.54, 1.807) is 17.8 Å². The molecule has 0 saturated carbocycles. The zero-order valence-corrected chi connectivity index (χ0v) is 16.4. The van der Waals surface area contributed by atoms with Crippen molar-refractivity contribution in [3.05, 3.63) is 65.9 Å². The molecule has 0 bridgehead atoms. The molecule has 1 fully saturated rings. The van der Waals surface area contributed by atoms with Crippen LogP contribution in [0.15, 0.2) is 54.7 Å². The molecule has 1 amide bonds. The summed E-state index contributed by atoms with van der Waals surface area (Å²) in [6.45, 7) is 1.87. The number of rotatable bonds is 6. The lowest BCUT2D eigenvalue weighted by molar-refractivity contribution is -0.124. The molecule has 1 atom stereocenters. The van der Waals surface area contributed by atoms with Gasteiger partial charge in [-0.15, -0.1) is 24.8 Å². The molecule has 3 rings (SSSR count). The van der Waals surface area contributed by atoms with Crippen molar-refractivity contribution >= 4 is 42.6 Å². The van der Waals surface area contributed by atoms with Crippen LogP contribution < -0.4 is 16.1 Å². The molecule has 0 radical (unpaired) electrons. The summed E-state index contributed by atoms with van der Waals surface area (Å²) >= 11 is 0. The third-order valence-electron chi connectivity index (χ3n) is 4.35. The van der Waals surface area contributed by atoms with Crippen LogP contribution in [0.3, 0.4) is 0 Å². The predicted molar refractivity (Wildman–Crippen MR) is 112 cm³/mol. The maximum atomic E-state index is 11.0. The van der Waals surface area contributed by atoms with Gasteiger partial charge >= 0.3 is 0 Å². The molecule has 2 heterocycles. The molecule has 8 heteroatoms. The Hall–Kier alpha value is -2.12. The first-order chi connectivity index (χ1) is 12.2. The van der Waals surface area contributed by atoms with E-state index in [2.05, 4.69) is 39.9 Å². The number of anilines is 1. The minimum absolute atomic E-state index is 0. The molecule has 0 spiro atoms. The zero-order valence-electron chi connectivity index (χ0n) is 14.7. The molecular formula is C19H24Cl2N4O2. The lowest BCUT2D eigenvalue weighted by Crippen LogP contribution is -2.43. The molecule has 1 aliphatic heterocycles. The number of nitrogens with zero attached hydrogens (tertiary/aromatic N) is 1. The Morgan fingerprint density at radius 3 is 2.59 bits per heavy atom. The summed E-state index contributed by atoms with van der Waals surface area (Å²) < 4.78 is 0. The molecule has 2 aromatic rings. The van der Waals surface area contributed by atoms with Crippen LogP contribution in [0.25, 0.3) is 6.08 Å². The molecule has 146 valence electrons. The first-order valence-corrected chi connectivity index (χ1v) is 8.30. The van der Waals surface area contributed by atoms with E-state index < -0.39 is 5.91 Å². The average Bonchev–Trinajstić information content (AvgIpc) is 3.09. The Labute approximate surface area is 171 Å². The van der Waals surface area contributed by atoms with Gasteiger partial charge < -0.3 is 10.6 Å². The normalized spacial score (nSPS) is 18.4. The Balaban J connectivity index is 0.00000182. The zero-order chi connectivity index (χ0) is 17.5. The van der Waals surface area contributed by atoms with Crippen molar-refractivity contribution in [2.75, 3.05) is 18.4 Å². The van der Waals surface area contributed by atoms with E-state index in [0.29, 0.717) is 0 Å². The summed E-state index contributed by atoms with van der Waals surface area (Å²) in [5.74, 6) is 0.240. The van der Waals surface area contributed by atoms with Gasteiger partial charge in [0.2, 0.25) is 0 Å². The molecule has 6 nitrogen and oxygen atoms in total. The fourth-order valence-electron chi connectivity index (χ4n) is 3.09. The number of hydrogen-bond donors (Lipinski definition) is 4. The number of aromatic nitrogens is 1. The lowest BCUT2D eigenvalue weighted by Gasteiger charge is -2.30. The first kappa shape index (κ1) is 22.9. The summed E-state index contributed by atoms with van der Waals surface area (Å²) in [6, 6.07) is 14.2. The molecule has 1 saturated heterocycles. The van der Waals surface area contributed by atoms with Crippen LogP contribution in [0.5, 0.6) is 0 Å². The molecular weight excluding hydrogens is 387 g/mol. The Morgan fingerprint density at radius 2 is 2.00 bits per heavy atom. The van der Waals surface area contributed by atoms with Crippen molar-refractivity contribution in [3.63, 3.8) is 0 Å². The van der Waals surface area contributed by atoms with Crippen molar-refractivity contribution in [1.29, 1.82) is 0 Å². The van der Waals surface area contributed by atoms with E-state index in [1.807, 2.05) is 18.2 Å². The highest BCUT2D eigenvalue weighted by Gasteiger charge is 2.34. The van der Waals surface area contributed by atoms with Crippen LogP contribution in [-0.4, -0.2) is 34.7 Å².